The number of aromatic nitrogens is 3. The van der Waals surface area contributed by atoms with E-state index in [1.54, 1.807) is 18.7 Å². The first kappa shape index (κ1) is 19.3. The summed E-state index contributed by atoms with van der Waals surface area (Å²) in [6, 6.07) is 0.103. The third-order valence-corrected chi connectivity index (χ3v) is 4.54. The molecule has 1 aliphatic carbocycles. The average Bonchev–Trinajstić information content (AvgIpc) is 3.11. The van der Waals surface area contributed by atoms with Crippen LogP contribution in [-0.4, -0.2) is 39.5 Å². The van der Waals surface area contributed by atoms with Gasteiger partial charge < -0.3 is 15.6 Å². The minimum atomic E-state index is -0.449. The molecule has 1 heterocycles. The smallest absolute Gasteiger partial charge is 0.236 e. The zero-order chi connectivity index (χ0) is 15.2. The highest BCUT2D eigenvalue weighted by Crippen LogP contribution is 2.33. The first-order valence-corrected chi connectivity index (χ1v) is 8.87. The number of rotatable bonds is 7. The number of nitrogens with two attached hydrogens (primary N) is 1. The molecule has 1 aliphatic rings. The molecule has 1 aromatic rings. The number of carbonyl (C=O) groups excluding carboxylic acids is 1. The van der Waals surface area contributed by atoms with Crippen LogP contribution in [0.1, 0.15) is 50.9 Å². The summed E-state index contributed by atoms with van der Waals surface area (Å²) in [6.07, 6.45) is 8.77. The van der Waals surface area contributed by atoms with Crippen LogP contribution in [0.5, 0.6) is 0 Å². The highest BCUT2D eigenvalue weighted by molar-refractivity contribution is 7.98. The molecule has 1 aromatic heterocycles. The molecule has 0 aliphatic heterocycles. The molecule has 1 saturated carbocycles. The van der Waals surface area contributed by atoms with Crippen LogP contribution in [-0.2, 0) is 11.2 Å². The first-order valence-electron chi connectivity index (χ1n) is 7.64. The Morgan fingerprint density at radius 2 is 2.14 bits per heavy atom. The van der Waals surface area contributed by atoms with Crippen molar-refractivity contribution in [3.63, 3.8) is 0 Å². The molecule has 1 fully saturated rings. The number of carbonyl (C=O) groups is 1. The Hall–Kier alpha value is -0.790. The topological polar surface area (TPSA) is 85.8 Å². The number of hydrogen-bond acceptors (Lipinski definition) is 5. The number of thioether (sulfide) groups is 1. The Bertz CT molecular complexity index is 474. The Kier molecular flexibility index (Phi) is 8.20. The van der Waals surface area contributed by atoms with Crippen molar-refractivity contribution in [1.82, 2.24) is 20.1 Å². The van der Waals surface area contributed by atoms with E-state index in [1.165, 1.54) is 25.7 Å². The Labute approximate surface area is 142 Å². The second kappa shape index (κ2) is 9.37. The van der Waals surface area contributed by atoms with Crippen LogP contribution in [0.4, 0.5) is 0 Å². The summed E-state index contributed by atoms with van der Waals surface area (Å²) in [6.45, 7) is 2.32. The molecule has 0 spiro atoms. The van der Waals surface area contributed by atoms with Gasteiger partial charge in [-0.2, -0.15) is 0 Å². The third kappa shape index (κ3) is 4.86. The van der Waals surface area contributed by atoms with E-state index in [1.807, 2.05) is 6.26 Å². The fourth-order valence-corrected chi connectivity index (χ4v) is 3.34. The normalized spacial score (nSPS) is 16.3. The van der Waals surface area contributed by atoms with Gasteiger partial charge in [-0.25, -0.2) is 0 Å². The van der Waals surface area contributed by atoms with Crippen molar-refractivity contribution < 1.29 is 4.79 Å². The van der Waals surface area contributed by atoms with Gasteiger partial charge in [-0.15, -0.1) is 22.6 Å². The monoisotopic (exact) mass is 347 g/mol. The maximum Gasteiger partial charge on any atom is 0.236 e. The highest BCUT2D eigenvalue weighted by Gasteiger charge is 2.23. The van der Waals surface area contributed by atoms with Gasteiger partial charge in [0.05, 0.1) is 6.04 Å². The molecule has 22 heavy (non-hydrogen) atoms. The average molecular weight is 348 g/mol. The molecule has 6 nitrogen and oxygen atoms in total. The number of amides is 1. The van der Waals surface area contributed by atoms with Gasteiger partial charge in [-0.1, -0.05) is 24.6 Å². The standard InChI is InChI=1S/C14H25N5OS.ClH/c1-10(15)13(20)16-9-5-8-12-17-18-14(21-2)19(12)11-6-3-4-7-11;/h10-11H,3-9,15H2,1-2H3,(H,16,20);1H. The molecule has 1 amide bonds. The summed E-state index contributed by atoms with van der Waals surface area (Å²) in [5.41, 5.74) is 5.52. The number of aryl methyl sites for hydroxylation is 1. The SMILES string of the molecule is CSc1nnc(CCCNC(=O)C(C)N)n1C1CCCC1.Cl. The van der Waals surface area contributed by atoms with Gasteiger partial charge in [0.1, 0.15) is 5.82 Å². The van der Waals surface area contributed by atoms with Crippen LogP contribution in [0.3, 0.4) is 0 Å². The van der Waals surface area contributed by atoms with E-state index in [-0.39, 0.29) is 18.3 Å². The van der Waals surface area contributed by atoms with Crippen molar-refractivity contribution in [3.8, 4) is 0 Å². The maximum atomic E-state index is 11.4. The lowest BCUT2D eigenvalue weighted by molar-refractivity contribution is -0.121. The second-order valence-corrected chi connectivity index (χ2v) is 6.37. The van der Waals surface area contributed by atoms with E-state index >= 15 is 0 Å². The minimum Gasteiger partial charge on any atom is -0.355 e. The zero-order valence-corrected chi connectivity index (χ0v) is 14.9. The van der Waals surface area contributed by atoms with E-state index in [4.69, 9.17) is 5.73 Å². The first-order chi connectivity index (χ1) is 10.1. The molecule has 1 atom stereocenters. The fourth-order valence-electron chi connectivity index (χ4n) is 2.77. The number of halogens is 1. The summed E-state index contributed by atoms with van der Waals surface area (Å²) in [5, 5.41) is 12.5. The lowest BCUT2D eigenvalue weighted by Crippen LogP contribution is -2.38. The molecule has 0 saturated heterocycles. The molecule has 126 valence electrons. The minimum absolute atomic E-state index is 0. The van der Waals surface area contributed by atoms with Crippen molar-refractivity contribution in [3.05, 3.63) is 5.82 Å². The van der Waals surface area contributed by atoms with E-state index in [0.717, 1.165) is 23.8 Å². The maximum absolute atomic E-state index is 11.4. The van der Waals surface area contributed by atoms with Crippen molar-refractivity contribution in [2.75, 3.05) is 12.8 Å². The van der Waals surface area contributed by atoms with Gasteiger partial charge in [0.15, 0.2) is 5.16 Å². The van der Waals surface area contributed by atoms with Crippen LogP contribution in [0, 0.1) is 0 Å². The van der Waals surface area contributed by atoms with E-state index < -0.39 is 6.04 Å². The van der Waals surface area contributed by atoms with E-state index in [9.17, 15) is 4.79 Å². The molecule has 8 heteroatoms. The lowest BCUT2D eigenvalue weighted by Gasteiger charge is -2.16. The summed E-state index contributed by atoms with van der Waals surface area (Å²) in [5.74, 6) is 0.943. The van der Waals surface area contributed by atoms with Crippen molar-refractivity contribution >= 4 is 30.1 Å². The third-order valence-electron chi connectivity index (χ3n) is 3.90. The van der Waals surface area contributed by atoms with Gasteiger partial charge in [0.2, 0.25) is 5.91 Å². The quantitative estimate of drug-likeness (QED) is 0.581. The van der Waals surface area contributed by atoms with E-state index in [0.29, 0.717) is 12.6 Å². The summed E-state index contributed by atoms with van der Waals surface area (Å²) in [7, 11) is 0. The molecule has 3 N–H and O–H groups in total. The Morgan fingerprint density at radius 3 is 2.73 bits per heavy atom. The lowest BCUT2D eigenvalue weighted by atomic mass is 10.2. The van der Waals surface area contributed by atoms with Crippen LogP contribution in [0.25, 0.3) is 0 Å². The Morgan fingerprint density at radius 1 is 1.45 bits per heavy atom. The second-order valence-electron chi connectivity index (χ2n) is 5.59. The van der Waals surface area contributed by atoms with Gasteiger partial charge in [-0.05, 0) is 32.4 Å². The molecule has 1 unspecified atom stereocenters. The predicted octanol–water partition coefficient (Wildman–Crippen LogP) is 1.93. The largest absolute Gasteiger partial charge is 0.355 e. The molecule has 0 aromatic carbocycles. The summed E-state index contributed by atoms with van der Waals surface area (Å²) >= 11 is 1.65. The molecule has 0 radical (unpaired) electrons. The zero-order valence-electron chi connectivity index (χ0n) is 13.2. The van der Waals surface area contributed by atoms with Gasteiger partial charge in [-0.3, -0.25) is 4.79 Å². The van der Waals surface area contributed by atoms with Gasteiger partial charge in [0.25, 0.3) is 0 Å². The van der Waals surface area contributed by atoms with Crippen molar-refractivity contribution in [2.45, 2.75) is 62.7 Å². The van der Waals surface area contributed by atoms with Crippen molar-refractivity contribution in [2.24, 2.45) is 5.73 Å². The molecular formula is C14H26ClN5OS. The summed E-state index contributed by atoms with van der Waals surface area (Å²) in [4.78, 5) is 11.4. The molecule has 0 bridgehead atoms. The van der Waals surface area contributed by atoms with Crippen molar-refractivity contribution in [1.29, 1.82) is 0 Å². The Balaban J connectivity index is 0.00000242. The summed E-state index contributed by atoms with van der Waals surface area (Å²) < 4.78 is 2.31. The molecule has 2 rings (SSSR count). The van der Waals surface area contributed by atoms with Crippen LogP contribution in [0.15, 0.2) is 5.16 Å². The van der Waals surface area contributed by atoms with Gasteiger partial charge in [0, 0.05) is 19.0 Å². The number of hydrogen-bond donors (Lipinski definition) is 2. The highest BCUT2D eigenvalue weighted by atomic mass is 35.5. The predicted molar refractivity (Wildman–Crippen MR) is 91.5 cm³/mol. The number of nitrogens with one attached hydrogen (secondary N) is 1. The van der Waals surface area contributed by atoms with Crippen LogP contribution < -0.4 is 11.1 Å². The van der Waals surface area contributed by atoms with Crippen LogP contribution >= 0.6 is 24.2 Å². The fraction of sp³-hybridized carbons (Fsp3) is 0.786. The van der Waals surface area contributed by atoms with Crippen LogP contribution in [0.2, 0.25) is 0 Å². The van der Waals surface area contributed by atoms with Gasteiger partial charge >= 0.3 is 0 Å². The molecular weight excluding hydrogens is 322 g/mol. The van der Waals surface area contributed by atoms with E-state index in [2.05, 4.69) is 20.1 Å². The number of nitrogens with zero attached hydrogens (tertiary/aromatic N) is 3.